The van der Waals surface area contributed by atoms with Crippen LogP contribution < -0.4 is 14.9 Å². The van der Waals surface area contributed by atoms with E-state index < -0.39 is 200 Å². The van der Waals surface area contributed by atoms with Gasteiger partial charge in [-0.05, 0) is 74.4 Å². The summed E-state index contributed by atoms with van der Waals surface area (Å²) in [5, 5.41) is 9.77. The van der Waals surface area contributed by atoms with Gasteiger partial charge in [0.05, 0.1) is 53.2 Å². The molecule has 2 aliphatic carbocycles. The van der Waals surface area contributed by atoms with Crippen molar-refractivity contribution in [3.05, 3.63) is 93.0 Å². The number of urea groups is 1. The number of sulfonamides is 1. The van der Waals surface area contributed by atoms with Crippen molar-refractivity contribution in [3.63, 3.8) is 0 Å². The molecule has 37 heteroatoms. The van der Waals surface area contributed by atoms with E-state index in [1.165, 1.54) is 13.8 Å². The first-order valence-electron chi connectivity index (χ1n) is 22.5. The number of fused-ring (bicyclic) bond motifs is 4. The van der Waals surface area contributed by atoms with E-state index in [-0.39, 0.29) is 25.7 Å². The molecule has 0 bridgehead atoms. The van der Waals surface area contributed by atoms with E-state index in [9.17, 15) is 90.3 Å². The maximum absolute atomic E-state index is 15.6. The minimum absolute atomic E-state index is 0.0749. The minimum atomic E-state index is -5.46. The smallest absolute Gasteiger partial charge is 0.346 e. The average Bonchev–Trinajstić information content (AvgIpc) is 4.06. The van der Waals surface area contributed by atoms with Gasteiger partial charge in [-0.2, -0.15) is 49.6 Å². The van der Waals surface area contributed by atoms with Crippen LogP contribution in [0.5, 0.6) is 0 Å². The molecule has 3 heterocycles. The van der Waals surface area contributed by atoms with E-state index in [0.29, 0.717) is 12.3 Å². The van der Waals surface area contributed by atoms with Gasteiger partial charge < -0.3 is 30.2 Å². The second kappa shape index (κ2) is 21.6. The molecule has 80 heavy (non-hydrogen) atoms. The molecule has 3 aromatic heterocycles. The predicted molar refractivity (Wildman–Crippen MR) is 258 cm³/mol. The Kier molecular flexibility index (Phi) is 16.7. The number of nitrogens with zero attached hydrogens (tertiary/aromatic N) is 6. The summed E-state index contributed by atoms with van der Waals surface area (Å²) < 4.78 is 230. The zero-order valence-corrected chi connectivity index (χ0v) is 45.2. The quantitative estimate of drug-likeness (QED) is 0.0316. The highest BCUT2D eigenvalue weighted by Crippen LogP contribution is 2.68. The maximum Gasteiger partial charge on any atom is 0.469 e. The van der Waals surface area contributed by atoms with E-state index in [1.54, 1.807) is 0 Å². The number of benzene rings is 2. The van der Waals surface area contributed by atoms with Gasteiger partial charge in [0.1, 0.15) is 40.9 Å². The Hall–Kier alpha value is -5.72. The fourth-order valence-corrected chi connectivity index (χ4v) is 10.6. The van der Waals surface area contributed by atoms with Gasteiger partial charge in [-0.15, -0.1) is 0 Å². The molecular formula is C43H41ClF10N8O14P2S2. The number of phosphoric acid groups is 2. The van der Waals surface area contributed by atoms with Crippen LogP contribution in [0.1, 0.15) is 66.1 Å². The number of alkyl halides is 8. The number of hydrogen-bond donors (Lipinski definition) is 6. The van der Waals surface area contributed by atoms with Crippen molar-refractivity contribution >= 4 is 75.8 Å². The first-order valence-corrected chi connectivity index (χ1v) is 29.6. The van der Waals surface area contributed by atoms with Crippen molar-refractivity contribution in [2.45, 2.75) is 80.8 Å². The molecule has 1 unspecified atom stereocenters. The summed E-state index contributed by atoms with van der Waals surface area (Å²) in [7, 11) is -20.1. The fourth-order valence-electron chi connectivity index (χ4n) is 8.54. The van der Waals surface area contributed by atoms with Gasteiger partial charge in [-0.3, -0.25) is 23.2 Å². The van der Waals surface area contributed by atoms with Gasteiger partial charge in [0.25, 0.3) is 5.92 Å². The number of sulfone groups is 1. The van der Waals surface area contributed by atoms with E-state index in [2.05, 4.69) is 41.4 Å². The Morgan fingerprint density at radius 3 is 2.02 bits per heavy atom. The molecule has 6 N–H and O–H groups in total. The highest BCUT2D eigenvalue weighted by atomic mass is 35.5. The molecule has 7 rings (SSSR count). The summed E-state index contributed by atoms with van der Waals surface area (Å²) in [6.45, 7) is -3.92. The van der Waals surface area contributed by atoms with Gasteiger partial charge in [0, 0.05) is 34.9 Å². The van der Waals surface area contributed by atoms with Crippen molar-refractivity contribution < 1.29 is 108 Å². The zero-order valence-electron chi connectivity index (χ0n) is 41.0. The third kappa shape index (κ3) is 13.9. The van der Waals surface area contributed by atoms with Crippen LogP contribution in [0.15, 0.2) is 42.5 Å². The molecule has 0 saturated heterocycles. The lowest BCUT2D eigenvalue weighted by Crippen LogP contribution is -2.50. The van der Waals surface area contributed by atoms with Crippen LogP contribution in [0.4, 0.5) is 54.5 Å². The molecule has 3 atom stereocenters. The van der Waals surface area contributed by atoms with Gasteiger partial charge in [-0.25, -0.2) is 44.5 Å². The monoisotopic (exact) mass is 1240 g/mol. The van der Waals surface area contributed by atoms with Crippen LogP contribution in [0.3, 0.4) is 0 Å². The molecule has 436 valence electrons. The first kappa shape index (κ1) is 61.9. The number of phosphoric ester groups is 2. The fraction of sp³-hybridized carbons (Fsp3) is 0.419. The number of anilines is 1. The van der Waals surface area contributed by atoms with Crippen LogP contribution in [-0.2, 0) is 74.4 Å². The summed E-state index contributed by atoms with van der Waals surface area (Å²) >= 11 is 6.60. The van der Waals surface area contributed by atoms with Crippen LogP contribution in [0, 0.1) is 29.4 Å². The molecule has 2 aromatic carbocycles. The van der Waals surface area contributed by atoms with E-state index in [1.807, 2.05) is 5.32 Å². The van der Waals surface area contributed by atoms with Crippen LogP contribution in [0.2, 0.25) is 5.02 Å². The normalized spacial score (nSPS) is 16.9. The number of carbonyl (C=O) groups is 2. The van der Waals surface area contributed by atoms with Gasteiger partial charge in [0.15, 0.2) is 21.3 Å². The van der Waals surface area contributed by atoms with Crippen molar-refractivity contribution in [1.29, 1.82) is 0 Å². The highest BCUT2D eigenvalue weighted by molar-refractivity contribution is 7.93. The lowest BCUT2D eigenvalue weighted by atomic mass is 9.93. The van der Waals surface area contributed by atoms with Crippen LogP contribution in [-0.4, -0.2) is 116 Å². The standard InChI is InChI=1S/C43H41ClF10N8O14P2S2/c1-40(2,79(3,71)72)10-9-23-5-6-25(34(55-23)30(13-20-11-21(45)14-22(46)12-20)57-31(63)16-60-37-32(36(58-60)43(52,53)54)27-15-28(27)42(37,50)51)26-7-8-29(44)33-35(26)61(19-41(47,48)49)59-38(33)62(80(4,73)74)39(64)56-24(17-75-77(65,66)67)18-76-78(68,69)70/h5-8,11-12,14,24,27-28,30H,13,15-19H2,1-4H3,(H,56,64)(H,57,63)(H2,65,66,67)(H2,68,69,70)/t27-,28?,30-/m0/s1. The molecule has 5 aromatic rings. The first-order chi connectivity index (χ1) is 36.5. The van der Waals surface area contributed by atoms with Gasteiger partial charge >= 0.3 is 34.0 Å². The van der Waals surface area contributed by atoms with Crippen LogP contribution in [0.25, 0.3) is 22.0 Å². The largest absolute Gasteiger partial charge is 0.469 e. The van der Waals surface area contributed by atoms with Crippen molar-refractivity contribution in [3.8, 4) is 23.0 Å². The highest BCUT2D eigenvalue weighted by Gasteiger charge is 2.68. The summed E-state index contributed by atoms with van der Waals surface area (Å²) in [5.74, 6) is -6.86. The zero-order chi connectivity index (χ0) is 59.8. The summed E-state index contributed by atoms with van der Waals surface area (Å²) in [6.07, 6.45) is -10.6. The number of pyridine rings is 1. The topological polar surface area (TPSA) is 312 Å². The summed E-state index contributed by atoms with van der Waals surface area (Å²) in [6, 6.07) is -0.0858. The molecule has 0 spiro atoms. The predicted octanol–water partition coefficient (Wildman–Crippen LogP) is 6.35. The van der Waals surface area contributed by atoms with Gasteiger partial charge in [0.2, 0.25) is 15.9 Å². The second-order valence-corrected chi connectivity index (χ2v) is 26.0. The lowest BCUT2D eigenvalue weighted by molar-refractivity contribution is -0.143. The molecule has 2 aliphatic rings. The van der Waals surface area contributed by atoms with Crippen molar-refractivity contribution in [2.24, 2.45) is 5.92 Å². The van der Waals surface area contributed by atoms with Gasteiger partial charge in [-0.1, -0.05) is 23.6 Å². The number of amides is 3. The second-order valence-electron chi connectivity index (χ2n) is 18.8. The average molecular weight is 1250 g/mol. The molecule has 3 amide bonds. The molecule has 0 aliphatic heterocycles. The molecule has 0 radical (unpaired) electrons. The molecule has 1 fully saturated rings. The van der Waals surface area contributed by atoms with Crippen molar-refractivity contribution in [1.82, 2.24) is 35.2 Å². The minimum Gasteiger partial charge on any atom is -0.346 e. The Morgan fingerprint density at radius 2 is 1.49 bits per heavy atom. The number of hydrogen-bond acceptors (Lipinski definition) is 13. The van der Waals surface area contributed by atoms with E-state index in [0.717, 1.165) is 42.7 Å². The van der Waals surface area contributed by atoms with E-state index in [4.69, 9.17) is 11.6 Å². The number of rotatable bonds is 18. The molecular weight excluding hydrogens is 1200 g/mol. The summed E-state index contributed by atoms with van der Waals surface area (Å²) in [5.41, 5.74) is -6.92. The maximum atomic E-state index is 15.6. The Balaban J connectivity index is 1.47. The van der Waals surface area contributed by atoms with E-state index >= 15 is 8.78 Å². The number of halogens is 11. The third-order valence-corrected chi connectivity index (χ3v) is 16.5. The number of carbonyl (C=O) groups excluding carboxylic acids is 2. The molecule has 1 saturated carbocycles. The SMILES string of the molecule is CC(C)(C#Cc1ccc(-c2ccc(Cl)c3c(N(C(=O)NC(COP(=O)(O)O)COP(=O)(O)O)S(C)(=O)=O)nn(CC(F)(F)F)c23)c([C@H](Cc2cc(F)cc(F)c2)NC(=O)Cn2nc(C(F)(F)F)c3c2C(F)(F)C2C[C@H]32)n1)S(C)(=O)=O. The number of aromatic nitrogens is 5. The van der Waals surface area contributed by atoms with Crippen LogP contribution >= 0.6 is 27.2 Å². The number of nitrogens with one attached hydrogen (secondary N) is 2. The Labute approximate surface area is 450 Å². The Morgan fingerprint density at radius 1 is 0.900 bits per heavy atom. The third-order valence-electron chi connectivity index (χ3n) is 12.2. The lowest BCUT2D eigenvalue weighted by Gasteiger charge is -2.24. The summed E-state index contributed by atoms with van der Waals surface area (Å²) in [4.78, 5) is 69.7. The van der Waals surface area contributed by atoms with Crippen molar-refractivity contribution in [2.75, 3.05) is 30.0 Å². The molecule has 22 nitrogen and oxygen atoms in total. The Bertz CT molecular complexity index is 3690.